The number of benzene rings is 3. The number of phenols is 1. The zero-order valence-electron chi connectivity index (χ0n) is 16.8. The van der Waals surface area contributed by atoms with E-state index in [-0.39, 0.29) is 29.2 Å². The number of carbonyl (C=O) groups is 2. The molecule has 31 heavy (non-hydrogen) atoms. The number of nitrogens with zero attached hydrogens (tertiary/aromatic N) is 1. The normalized spacial score (nSPS) is 14.4. The van der Waals surface area contributed by atoms with Crippen molar-refractivity contribution in [1.82, 2.24) is 4.90 Å². The minimum Gasteiger partial charge on any atom is -0.508 e. The van der Waals surface area contributed by atoms with Gasteiger partial charge in [0.05, 0.1) is 0 Å². The summed E-state index contributed by atoms with van der Waals surface area (Å²) in [4.78, 5) is 29.2. The van der Waals surface area contributed by atoms with Crippen molar-refractivity contribution in [3.63, 3.8) is 0 Å². The van der Waals surface area contributed by atoms with Gasteiger partial charge in [0.2, 0.25) is 0 Å². The summed E-state index contributed by atoms with van der Waals surface area (Å²) in [6.07, 6.45) is 1.24. The van der Waals surface area contributed by atoms with Gasteiger partial charge in [0.15, 0.2) is 5.78 Å². The SMILES string of the molecule is O=C(c1ccc(Sc2ccc(F)cc2)cc1)C1CCN(C(=O)c2cccc(O)c2)CC1. The Hall–Kier alpha value is -3.12. The minimum absolute atomic E-state index is 0.0666. The van der Waals surface area contributed by atoms with Crippen molar-refractivity contribution < 1.29 is 19.1 Å². The molecular weight excluding hydrogens is 413 g/mol. The molecule has 0 bridgehead atoms. The van der Waals surface area contributed by atoms with Gasteiger partial charge in [0, 0.05) is 39.9 Å². The molecule has 0 aromatic heterocycles. The Kier molecular flexibility index (Phi) is 6.37. The maximum absolute atomic E-state index is 13.0. The first-order valence-electron chi connectivity index (χ1n) is 10.2. The van der Waals surface area contributed by atoms with Crippen LogP contribution in [0.3, 0.4) is 0 Å². The largest absolute Gasteiger partial charge is 0.508 e. The molecule has 158 valence electrons. The van der Waals surface area contributed by atoms with Gasteiger partial charge in [-0.2, -0.15) is 0 Å². The van der Waals surface area contributed by atoms with Crippen LogP contribution in [-0.2, 0) is 0 Å². The maximum atomic E-state index is 13.0. The predicted molar refractivity (Wildman–Crippen MR) is 118 cm³/mol. The number of hydrogen-bond acceptors (Lipinski definition) is 4. The Balaban J connectivity index is 1.34. The topological polar surface area (TPSA) is 57.6 Å². The fourth-order valence-electron chi connectivity index (χ4n) is 3.73. The maximum Gasteiger partial charge on any atom is 0.253 e. The van der Waals surface area contributed by atoms with Crippen LogP contribution in [0.5, 0.6) is 5.75 Å². The minimum atomic E-state index is -0.264. The van der Waals surface area contributed by atoms with Crippen molar-refractivity contribution in [1.29, 1.82) is 0 Å². The second-order valence-corrected chi connectivity index (χ2v) is 8.71. The Labute approximate surface area is 184 Å². The highest BCUT2D eigenvalue weighted by Gasteiger charge is 2.28. The number of halogens is 1. The van der Waals surface area contributed by atoms with Gasteiger partial charge in [-0.3, -0.25) is 9.59 Å². The van der Waals surface area contributed by atoms with E-state index in [1.54, 1.807) is 29.2 Å². The monoisotopic (exact) mass is 435 g/mol. The summed E-state index contributed by atoms with van der Waals surface area (Å²) in [7, 11) is 0. The lowest BCUT2D eigenvalue weighted by Gasteiger charge is -2.31. The number of carbonyl (C=O) groups excluding carboxylic acids is 2. The highest BCUT2D eigenvalue weighted by atomic mass is 32.2. The third kappa shape index (κ3) is 5.14. The summed E-state index contributed by atoms with van der Waals surface area (Å²) in [5.41, 5.74) is 1.13. The Morgan fingerprint density at radius 1 is 0.871 bits per heavy atom. The highest BCUT2D eigenvalue weighted by Crippen LogP contribution is 2.29. The lowest BCUT2D eigenvalue weighted by atomic mass is 9.88. The number of phenolic OH excluding ortho intramolecular Hbond substituents is 1. The van der Waals surface area contributed by atoms with E-state index < -0.39 is 0 Å². The number of likely N-dealkylation sites (tertiary alicyclic amines) is 1. The molecule has 1 saturated heterocycles. The molecule has 4 rings (SSSR count). The summed E-state index contributed by atoms with van der Waals surface area (Å²) in [5.74, 6) is -0.326. The lowest BCUT2D eigenvalue weighted by molar-refractivity contribution is 0.0650. The first-order valence-corrected chi connectivity index (χ1v) is 11.0. The molecule has 1 N–H and O–H groups in total. The molecule has 1 fully saturated rings. The number of hydrogen-bond donors (Lipinski definition) is 1. The second-order valence-electron chi connectivity index (χ2n) is 7.56. The molecule has 0 aliphatic carbocycles. The number of aromatic hydroxyl groups is 1. The Bertz CT molecular complexity index is 1070. The van der Waals surface area contributed by atoms with Gasteiger partial charge in [0.25, 0.3) is 5.91 Å². The van der Waals surface area contributed by atoms with E-state index in [1.165, 1.54) is 36.0 Å². The van der Waals surface area contributed by atoms with E-state index in [9.17, 15) is 19.1 Å². The van der Waals surface area contributed by atoms with Gasteiger partial charge >= 0.3 is 0 Å². The average molecular weight is 436 g/mol. The van der Waals surface area contributed by atoms with Crippen LogP contribution >= 0.6 is 11.8 Å². The van der Waals surface area contributed by atoms with Crippen molar-refractivity contribution >= 4 is 23.5 Å². The second kappa shape index (κ2) is 9.35. The molecule has 0 unspecified atom stereocenters. The number of amides is 1. The number of piperidine rings is 1. The van der Waals surface area contributed by atoms with Crippen LogP contribution in [0.2, 0.25) is 0 Å². The summed E-state index contributed by atoms with van der Waals surface area (Å²) < 4.78 is 13.0. The highest BCUT2D eigenvalue weighted by molar-refractivity contribution is 7.99. The third-order valence-corrected chi connectivity index (χ3v) is 6.45. The molecule has 3 aromatic carbocycles. The van der Waals surface area contributed by atoms with E-state index in [1.807, 2.05) is 24.3 Å². The zero-order chi connectivity index (χ0) is 21.8. The van der Waals surface area contributed by atoms with E-state index in [4.69, 9.17) is 0 Å². The molecule has 0 spiro atoms. The molecule has 0 radical (unpaired) electrons. The molecular formula is C25H22FNO3S. The van der Waals surface area contributed by atoms with E-state index in [0.717, 1.165) is 9.79 Å². The first kappa shape index (κ1) is 21.1. The van der Waals surface area contributed by atoms with Crippen molar-refractivity contribution in [2.75, 3.05) is 13.1 Å². The molecule has 6 heteroatoms. The van der Waals surface area contributed by atoms with Crippen LogP contribution < -0.4 is 0 Å². The first-order chi connectivity index (χ1) is 15.0. The van der Waals surface area contributed by atoms with Crippen molar-refractivity contribution in [3.8, 4) is 5.75 Å². The molecule has 1 heterocycles. The van der Waals surface area contributed by atoms with Crippen LogP contribution in [0.15, 0.2) is 82.6 Å². The van der Waals surface area contributed by atoms with Crippen molar-refractivity contribution in [2.45, 2.75) is 22.6 Å². The van der Waals surface area contributed by atoms with Gasteiger partial charge in [-0.1, -0.05) is 30.0 Å². The van der Waals surface area contributed by atoms with Crippen LogP contribution in [0.4, 0.5) is 4.39 Å². The molecule has 0 saturated carbocycles. The molecule has 4 nitrogen and oxygen atoms in total. The number of Topliss-reactive ketones (excluding diaryl/α,β-unsaturated/α-hetero) is 1. The van der Waals surface area contributed by atoms with Gasteiger partial charge in [-0.05, 0) is 67.4 Å². The lowest BCUT2D eigenvalue weighted by Crippen LogP contribution is -2.40. The summed E-state index contributed by atoms with van der Waals surface area (Å²) >= 11 is 1.51. The Morgan fingerprint density at radius 2 is 1.48 bits per heavy atom. The fraction of sp³-hybridized carbons (Fsp3) is 0.200. The van der Waals surface area contributed by atoms with Crippen molar-refractivity contribution in [3.05, 3.63) is 89.7 Å². The molecule has 0 atom stereocenters. The van der Waals surface area contributed by atoms with E-state index in [2.05, 4.69) is 0 Å². The van der Waals surface area contributed by atoms with Gasteiger partial charge in [-0.25, -0.2) is 4.39 Å². The Morgan fingerprint density at radius 3 is 2.10 bits per heavy atom. The fourth-order valence-corrected chi connectivity index (χ4v) is 4.54. The summed E-state index contributed by atoms with van der Waals surface area (Å²) in [5, 5.41) is 9.58. The smallest absolute Gasteiger partial charge is 0.253 e. The quantitative estimate of drug-likeness (QED) is 0.544. The number of ketones is 1. The van der Waals surface area contributed by atoms with E-state index in [0.29, 0.717) is 37.1 Å². The zero-order valence-corrected chi connectivity index (χ0v) is 17.6. The van der Waals surface area contributed by atoms with Gasteiger partial charge in [-0.15, -0.1) is 0 Å². The van der Waals surface area contributed by atoms with Crippen LogP contribution in [0, 0.1) is 11.7 Å². The van der Waals surface area contributed by atoms with Crippen molar-refractivity contribution in [2.24, 2.45) is 5.92 Å². The third-order valence-electron chi connectivity index (χ3n) is 5.43. The molecule has 3 aromatic rings. The van der Waals surface area contributed by atoms with Gasteiger partial charge in [0.1, 0.15) is 11.6 Å². The van der Waals surface area contributed by atoms with E-state index >= 15 is 0 Å². The van der Waals surface area contributed by atoms with Crippen LogP contribution in [0.25, 0.3) is 0 Å². The van der Waals surface area contributed by atoms with Crippen LogP contribution in [0.1, 0.15) is 33.6 Å². The molecule has 1 aliphatic heterocycles. The standard InChI is InChI=1S/C25H22FNO3S/c26-20-6-10-23(11-7-20)31-22-8-4-17(5-9-22)24(29)18-12-14-27(15-13-18)25(30)19-2-1-3-21(28)16-19/h1-11,16,18,28H,12-15H2. The molecule has 1 amide bonds. The van der Waals surface area contributed by atoms with Gasteiger partial charge < -0.3 is 10.0 Å². The summed E-state index contributed by atoms with van der Waals surface area (Å²) in [6, 6.07) is 20.1. The average Bonchev–Trinajstić information content (AvgIpc) is 2.80. The summed E-state index contributed by atoms with van der Waals surface area (Å²) in [6.45, 7) is 1.03. The molecule has 1 aliphatic rings. The van der Waals surface area contributed by atoms with Crippen LogP contribution in [-0.4, -0.2) is 34.8 Å². The number of rotatable bonds is 5. The predicted octanol–water partition coefficient (Wildman–Crippen LogP) is 5.42.